The van der Waals surface area contributed by atoms with Crippen molar-refractivity contribution in [1.29, 1.82) is 5.26 Å². The predicted octanol–water partition coefficient (Wildman–Crippen LogP) is 3.43. The van der Waals surface area contributed by atoms with Crippen LogP contribution in [0.15, 0.2) is 24.3 Å². The van der Waals surface area contributed by atoms with Crippen molar-refractivity contribution < 1.29 is 9.59 Å². The second kappa shape index (κ2) is 8.69. The fourth-order valence-electron chi connectivity index (χ4n) is 2.91. The van der Waals surface area contributed by atoms with Crippen LogP contribution >= 0.6 is 11.6 Å². The molecule has 0 saturated heterocycles. The van der Waals surface area contributed by atoms with Crippen molar-refractivity contribution in [3.63, 3.8) is 0 Å². The lowest BCUT2D eigenvalue weighted by atomic mass is 9.93. The van der Waals surface area contributed by atoms with Gasteiger partial charge >= 0.3 is 0 Å². The fourth-order valence-corrected chi connectivity index (χ4v) is 3.13. The summed E-state index contributed by atoms with van der Waals surface area (Å²) in [5, 5.41) is 12.7. The number of rotatable bonds is 6. The molecule has 1 aromatic carbocycles. The summed E-state index contributed by atoms with van der Waals surface area (Å²) in [5.74, 6) is -1.99. The van der Waals surface area contributed by atoms with Crippen molar-refractivity contribution in [3.8, 4) is 6.07 Å². The second-order valence-corrected chi connectivity index (χ2v) is 6.44. The van der Waals surface area contributed by atoms with Crippen LogP contribution < -0.4 is 5.32 Å². The summed E-state index contributed by atoms with van der Waals surface area (Å²) in [6, 6.07) is 9.21. The van der Waals surface area contributed by atoms with Crippen LogP contribution in [0.2, 0.25) is 5.02 Å². The van der Waals surface area contributed by atoms with Gasteiger partial charge in [-0.2, -0.15) is 5.26 Å². The molecule has 5 heteroatoms. The van der Waals surface area contributed by atoms with Gasteiger partial charge in [0.15, 0.2) is 11.7 Å². The first-order valence-corrected chi connectivity index (χ1v) is 8.45. The maximum absolute atomic E-state index is 12.2. The normalized spacial score (nSPS) is 16.3. The van der Waals surface area contributed by atoms with Crippen molar-refractivity contribution >= 4 is 23.3 Å². The van der Waals surface area contributed by atoms with Crippen LogP contribution in [0.4, 0.5) is 0 Å². The van der Waals surface area contributed by atoms with Crippen LogP contribution in [-0.2, 0) is 16.0 Å². The van der Waals surface area contributed by atoms with Crippen LogP contribution in [0.25, 0.3) is 0 Å². The number of nitrogens with zero attached hydrogens (tertiary/aromatic N) is 1. The zero-order chi connectivity index (χ0) is 16.7. The molecule has 1 aromatic rings. The van der Waals surface area contributed by atoms with Gasteiger partial charge in [0.2, 0.25) is 5.91 Å². The van der Waals surface area contributed by atoms with E-state index in [2.05, 4.69) is 5.32 Å². The maximum atomic E-state index is 12.2. The molecule has 1 saturated carbocycles. The lowest BCUT2D eigenvalue weighted by Gasteiger charge is -2.23. The second-order valence-electron chi connectivity index (χ2n) is 6.00. The molecule has 1 unspecified atom stereocenters. The molecule has 1 N–H and O–H groups in total. The average molecular weight is 333 g/mol. The largest absolute Gasteiger partial charge is 0.352 e. The number of carbonyl (C=O) groups excluding carboxylic acids is 2. The highest BCUT2D eigenvalue weighted by Crippen LogP contribution is 2.18. The van der Waals surface area contributed by atoms with Gasteiger partial charge in [-0.15, -0.1) is 0 Å². The summed E-state index contributed by atoms with van der Waals surface area (Å²) >= 11 is 5.91. The van der Waals surface area contributed by atoms with Gasteiger partial charge in [-0.25, -0.2) is 0 Å². The van der Waals surface area contributed by atoms with Gasteiger partial charge in [0.1, 0.15) is 0 Å². The van der Waals surface area contributed by atoms with Gasteiger partial charge in [0.05, 0.1) is 6.07 Å². The molecule has 0 heterocycles. The van der Waals surface area contributed by atoms with Gasteiger partial charge in [-0.1, -0.05) is 43.0 Å². The van der Waals surface area contributed by atoms with E-state index in [1.54, 1.807) is 12.1 Å². The molecule has 0 bridgehead atoms. The number of nitrogens with one attached hydrogen (secondary N) is 1. The number of benzene rings is 1. The molecule has 1 atom stereocenters. The third kappa shape index (κ3) is 5.37. The van der Waals surface area contributed by atoms with Crippen molar-refractivity contribution in [3.05, 3.63) is 34.9 Å². The molecule has 0 aromatic heterocycles. The van der Waals surface area contributed by atoms with E-state index in [-0.39, 0.29) is 18.2 Å². The van der Waals surface area contributed by atoms with Gasteiger partial charge in [-0.3, -0.25) is 9.59 Å². The number of nitriles is 1. The first-order chi connectivity index (χ1) is 11.1. The summed E-state index contributed by atoms with van der Waals surface area (Å²) in [6.45, 7) is 0. The lowest BCUT2D eigenvalue weighted by Crippen LogP contribution is -2.42. The molecule has 0 radical (unpaired) electrons. The molecule has 23 heavy (non-hydrogen) atoms. The van der Waals surface area contributed by atoms with Gasteiger partial charge < -0.3 is 5.32 Å². The topological polar surface area (TPSA) is 70.0 Å². The molecular weight excluding hydrogens is 312 g/mol. The van der Waals surface area contributed by atoms with E-state index in [1.807, 2.05) is 18.2 Å². The van der Waals surface area contributed by atoms with Gasteiger partial charge in [0, 0.05) is 17.5 Å². The molecule has 122 valence electrons. The summed E-state index contributed by atoms with van der Waals surface area (Å²) in [5.41, 5.74) is 0.926. The number of hydrogen-bond acceptors (Lipinski definition) is 3. The maximum Gasteiger partial charge on any atom is 0.245 e. The highest BCUT2D eigenvalue weighted by atomic mass is 35.5. The third-order valence-electron chi connectivity index (χ3n) is 4.21. The van der Waals surface area contributed by atoms with E-state index in [0.717, 1.165) is 31.2 Å². The summed E-state index contributed by atoms with van der Waals surface area (Å²) < 4.78 is 0. The first-order valence-electron chi connectivity index (χ1n) is 8.07. The highest BCUT2D eigenvalue weighted by molar-refractivity contribution is 6.30. The fraction of sp³-hybridized carbons (Fsp3) is 0.500. The quantitative estimate of drug-likeness (QED) is 0.811. The first kappa shape index (κ1) is 17.5. The van der Waals surface area contributed by atoms with Gasteiger partial charge in [-0.05, 0) is 37.0 Å². The Morgan fingerprint density at radius 1 is 1.30 bits per heavy atom. The minimum Gasteiger partial charge on any atom is -0.352 e. The third-order valence-corrected chi connectivity index (χ3v) is 4.45. The summed E-state index contributed by atoms with van der Waals surface area (Å²) in [6.07, 6.45) is 5.87. The van der Waals surface area contributed by atoms with Crippen LogP contribution in [0.5, 0.6) is 0 Å². The molecule has 1 aliphatic carbocycles. The number of hydrogen-bond donors (Lipinski definition) is 1. The Morgan fingerprint density at radius 3 is 2.70 bits per heavy atom. The Morgan fingerprint density at radius 2 is 2.04 bits per heavy atom. The van der Waals surface area contributed by atoms with Gasteiger partial charge in [0.25, 0.3) is 0 Å². The van der Waals surface area contributed by atoms with E-state index in [9.17, 15) is 14.9 Å². The van der Waals surface area contributed by atoms with E-state index >= 15 is 0 Å². The Hall–Kier alpha value is -1.86. The van der Waals surface area contributed by atoms with Crippen LogP contribution in [0.3, 0.4) is 0 Å². The Labute approximate surface area is 141 Å². The van der Waals surface area contributed by atoms with Crippen molar-refractivity contribution in [2.24, 2.45) is 5.92 Å². The molecule has 4 nitrogen and oxygen atoms in total. The minimum atomic E-state index is -1.21. The number of Topliss-reactive ketones (excluding diaryl/α,β-unsaturated/α-hetero) is 1. The number of amides is 1. The standard InChI is InChI=1S/C18H21ClN2O2/c19-14-6-4-5-13(11-14)9-10-17(22)16(12-20)18(23)21-15-7-2-1-3-8-15/h4-6,11,15-16H,1-3,7-10H2,(H,21,23). The lowest BCUT2D eigenvalue weighted by molar-refractivity contribution is -0.132. The van der Waals surface area contributed by atoms with Crippen LogP contribution in [0, 0.1) is 17.2 Å². The molecule has 0 aliphatic heterocycles. The predicted molar refractivity (Wildman–Crippen MR) is 88.9 cm³/mol. The van der Waals surface area contributed by atoms with Crippen LogP contribution in [0.1, 0.15) is 44.1 Å². The number of halogens is 1. The van der Waals surface area contributed by atoms with E-state index in [0.29, 0.717) is 11.4 Å². The van der Waals surface area contributed by atoms with Crippen molar-refractivity contribution in [1.82, 2.24) is 5.32 Å². The Balaban J connectivity index is 1.87. The van der Waals surface area contributed by atoms with Crippen molar-refractivity contribution in [2.75, 3.05) is 0 Å². The molecule has 1 amide bonds. The zero-order valence-corrected chi connectivity index (χ0v) is 13.8. The molecule has 2 rings (SSSR count). The van der Waals surface area contributed by atoms with Crippen molar-refractivity contribution in [2.45, 2.75) is 51.0 Å². The number of ketones is 1. The monoisotopic (exact) mass is 332 g/mol. The smallest absolute Gasteiger partial charge is 0.245 e. The molecular formula is C18H21ClN2O2. The van der Waals surface area contributed by atoms with E-state index in [1.165, 1.54) is 6.42 Å². The summed E-state index contributed by atoms with van der Waals surface area (Å²) in [4.78, 5) is 24.4. The molecule has 1 fully saturated rings. The number of carbonyl (C=O) groups is 2. The zero-order valence-electron chi connectivity index (χ0n) is 13.1. The average Bonchev–Trinajstić information content (AvgIpc) is 2.54. The number of aryl methyl sites for hydroxylation is 1. The molecule has 0 spiro atoms. The van der Waals surface area contributed by atoms with Crippen LogP contribution in [-0.4, -0.2) is 17.7 Å². The summed E-state index contributed by atoms with van der Waals surface area (Å²) in [7, 11) is 0. The Kier molecular flexibility index (Phi) is 6.61. The minimum absolute atomic E-state index is 0.104. The van der Waals surface area contributed by atoms with E-state index < -0.39 is 11.8 Å². The molecule has 1 aliphatic rings. The Bertz CT molecular complexity index is 603. The highest BCUT2D eigenvalue weighted by Gasteiger charge is 2.28. The SMILES string of the molecule is N#CC(C(=O)CCc1cccc(Cl)c1)C(=O)NC1CCCCC1. The van der Waals surface area contributed by atoms with E-state index in [4.69, 9.17) is 11.6 Å².